The normalized spacial score (nSPS) is 33.3. The molecule has 1 amide bonds. The molecule has 2 saturated carbocycles. The second kappa shape index (κ2) is 3.66. The lowest BCUT2D eigenvalue weighted by molar-refractivity contribution is -0.122. The molecule has 3 N–H and O–H groups in total. The van der Waals surface area contributed by atoms with Gasteiger partial charge in [-0.2, -0.15) is 0 Å². The Morgan fingerprint density at radius 1 is 1.31 bits per heavy atom. The standard InChI is InChI=1S/C10H18N2O/c11-6-7-1-4-9(5-7)12-10(13)8-2-3-8/h7-9H,1-6,11H2,(H,12,13)/t7-,9+/m1/s1. The van der Waals surface area contributed by atoms with Crippen molar-refractivity contribution >= 4 is 5.91 Å². The summed E-state index contributed by atoms with van der Waals surface area (Å²) in [5.41, 5.74) is 5.59. The molecule has 0 aliphatic heterocycles. The van der Waals surface area contributed by atoms with Crippen LogP contribution in [0.15, 0.2) is 0 Å². The molecule has 2 atom stereocenters. The van der Waals surface area contributed by atoms with E-state index in [0.29, 0.717) is 17.9 Å². The highest BCUT2D eigenvalue weighted by Gasteiger charge is 2.32. The zero-order chi connectivity index (χ0) is 9.26. The van der Waals surface area contributed by atoms with Gasteiger partial charge in [0.25, 0.3) is 0 Å². The maximum atomic E-state index is 11.4. The molecule has 2 fully saturated rings. The Bertz CT molecular complexity index is 201. The number of rotatable bonds is 3. The average Bonchev–Trinajstić information content (AvgIpc) is 2.88. The molecule has 0 aromatic heterocycles. The zero-order valence-corrected chi connectivity index (χ0v) is 7.96. The van der Waals surface area contributed by atoms with Crippen LogP contribution in [0.2, 0.25) is 0 Å². The summed E-state index contributed by atoms with van der Waals surface area (Å²) in [6.07, 6.45) is 5.60. The van der Waals surface area contributed by atoms with E-state index in [9.17, 15) is 4.79 Å². The Morgan fingerprint density at radius 3 is 2.62 bits per heavy atom. The van der Waals surface area contributed by atoms with Gasteiger partial charge in [0.2, 0.25) is 5.91 Å². The summed E-state index contributed by atoms with van der Waals surface area (Å²) >= 11 is 0. The second-order valence-corrected chi connectivity index (χ2v) is 4.39. The number of amides is 1. The molecule has 0 aromatic carbocycles. The predicted molar refractivity (Wildman–Crippen MR) is 51.1 cm³/mol. The summed E-state index contributed by atoms with van der Waals surface area (Å²) in [7, 11) is 0. The molecule has 3 nitrogen and oxygen atoms in total. The molecule has 0 spiro atoms. The van der Waals surface area contributed by atoms with E-state index in [1.54, 1.807) is 0 Å². The van der Waals surface area contributed by atoms with Crippen LogP contribution in [0.4, 0.5) is 0 Å². The maximum absolute atomic E-state index is 11.4. The Hall–Kier alpha value is -0.570. The molecule has 2 aliphatic carbocycles. The minimum Gasteiger partial charge on any atom is -0.353 e. The second-order valence-electron chi connectivity index (χ2n) is 4.39. The third-order valence-corrected chi connectivity index (χ3v) is 3.17. The third kappa shape index (κ3) is 2.21. The van der Waals surface area contributed by atoms with E-state index in [1.807, 2.05) is 0 Å². The number of carbonyl (C=O) groups excluding carboxylic acids is 1. The first kappa shape index (κ1) is 9.00. The van der Waals surface area contributed by atoms with Crippen LogP contribution in [0.3, 0.4) is 0 Å². The van der Waals surface area contributed by atoms with Crippen molar-refractivity contribution in [1.29, 1.82) is 0 Å². The molecule has 3 heteroatoms. The molecule has 74 valence electrons. The highest BCUT2D eigenvalue weighted by atomic mass is 16.2. The first-order chi connectivity index (χ1) is 6.29. The van der Waals surface area contributed by atoms with Gasteiger partial charge >= 0.3 is 0 Å². The number of hydrogen-bond acceptors (Lipinski definition) is 2. The van der Waals surface area contributed by atoms with Crippen LogP contribution in [-0.2, 0) is 4.79 Å². The van der Waals surface area contributed by atoms with E-state index < -0.39 is 0 Å². The molecular formula is C10H18N2O. The van der Waals surface area contributed by atoms with E-state index in [-0.39, 0.29) is 5.91 Å². The lowest BCUT2D eigenvalue weighted by atomic mass is 10.1. The molecule has 0 unspecified atom stereocenters. The van der Waals surface area contributed by atoms with Crippen molar-refractivity contribution in [3.05, 3.63) is 0 Å². The van der Waals surface area contributed by atoms with Gasteiger partial charge in [0, 0.05) is 12.0 Å². The van der Waals surface area contributed by atoms with Crippen molar-refractivity contribution in [2.45, 2.75) is 38.1 Å². The van der Waals surface area contributed by atoms with Gasteiger partial charge in [-0.15, -0.1) is 0 Å². The molecule has 2 aliphatic rings. The first-order valence-corrected chi connectivity index (χ1v) is 5.30. The molecule has 0 saturated heterocycles. The van der Waals surface area contributed by atoms with Crippen LogP contribution in [0.5, 0.6) is 0 Å². The van der Waals surface area contributed by atoms with Gasteiger partial charge < -0.3 is 11.1 Å². The summed E-state index contributed by atoms with van der Waals surface area (Å²) < 4.78 is 0. The van der Waals surface area contributed by atoms with E-state index in [2.05, 4.69) is 5.32 Å². The topological polar surface area (TPSA) is 55.1 Å². The van der Waals surface area contributed by atoms with E-state index in [4.69, 9.17) is 5.73 Å². The number of nitrogens with two attached hydrogens (primary N) is 1. The Kier molecular flexibility index (Phi) is 2.54. The summed E-state index contributed by atoms with van der Waals surface area (Å²) in [6.45, 7) is 0.774. The minimum atomic E-state index is 0.280. The van der Waals surface area contributed by atoms with Crippen LogP contribution in [0, 0.1) is 11.8 Å². The van der Waals surface area contributed by atoms with Crippen LogP contribution >= 0.6 is 0 Å². The molecule has 0 bridgehead atoms. The van der Waals surface area contributed by atoms with E-state index in [1.165, 1.54) is 6.42 Å². The largest absolute Gasteiger partial charge is 0.353 e. The van der Waals surface area contributed by atoms with Crippen molar-refractivity contribution < 1.29 is 4.79 Å². The number of hydrogen-bond donors (Lipinski definition) is 2. The summed E-state index contributed by atoms with van der Waals surface area (Å²) in [5, 5.41) is 3.11. The van der Waals surface area contributed by atoms with Crippen molar-refractivity contribution in [2.75, 3.05) is 6.54 Å². The molecule has 0 heterocycles. The quantitative estimate of drug-likeness (QED) is 0.673. The molecule has 2 rings (SSSR count). The average molecular weight is 182 g/mol. The Labute approximate surface area is 79.1 Å². The molecular weight excluding hydrogens is 164 g/mol. The molecule has 0 radical (unpaired) electrons. The molecule has 13 heavy (non-hydrogen) atoms. The third-order valence-electron chi connectivity index (χ3n) is 3.17. The van der Waals surface area contributed by atoms with Gasteiger partial charge in [-0.25, -0.2) is 0 Å². The van der Waals surface area contributed by atoms with Crippen molar-refractivity contribution in [3.8, 4) is 0 Å². The fraction of sp³-hybridized carbons (Fsp3) is 0.900. The predicted octanol–water partition coefficient (Wildman–Crippen LogP) is 0.640. The lowest BCUT2D eigenvalue weighted by Gasteiger charge is -2.12. The maximum Gasteiger partial charge on any atom is 0.223 e. The van der Waals surface area contributed by atoms with Gasteiger partial charge in [-0.1, -0.05) is 0 Å². The van der Waals surface area contributed by atoms with Crippen molar-refractivity contribution in [1.82, 2.24) is 5.32 Å². The summed E-state index contributed by atoms with van der Waals surface area (Å²) in [6, 6.07) is 0.418. The molecule has 0 aromatic rings. The van der Waals surface area contributed by atoms with Gasteiger partial charge in [-0.05, 0) is 44.6 Å². The Balaban J connectivity index is 1.73. The zero-order valence-electron chi connectivity index (χ0n) is 7.96. The van der Waals surface area contributed by atoms with Crippen molar-refractivity contribution in [3.63, 3.8) is 0 Å². The SMILES string of the molecule is NC[C@@H]1CC[C@H](NC(=O)C2CC2)C1. The first-order valence-electron chi connectivity index (χ1n) is 5.30. The fourth-order valence-corrected chi connectivity index (χ4v) is 2.08. The van der Waals surface area contributed by atoms with Gasteiger partial charge in [0.05, 0.1) is 0 Å². The van der Waals surface area contributed by atoms with E-state index >= 15 is 0 Å². The minimum absolute atomic E-state index is 0.280. The van der Waals surface area contributed by atoms with Gasteiger partial charge in [0.1, 0.15) is 0 Å². The van der Waals surface area contributed by atoms with Crippen molar-refractivity contribution in [2.24, 2.45) is 17.6 Å². The van der Waals surface area contributed by atoms with Crippen LogP contribution < -0.4 is 11.1 Å². The van der Waals surface area contributed by atoms with Crippen LogP contribution in [0.25, 0.3) is 0 Å². The highest BCUT2D eigenvalue weighted by molar-refractivity contribution is 5.81. The number of nitrogens with one attached hydrogen (secondary N) is 1. The summed E-state index contributed by atoms with van der Waals surface area (Å²) in [5.74, 6) is 1.27. The smallest absolute Gasteiger partial charge is 0.223 e. The lowest BCUT2D eigenvalue weighted by Crippen LogP contribution is -2.34. The highest BCUT2D eigenvalue weighted by Crippen LogP contribution is 2.30. The fourth-order valence-electron chi connectivity index (χ4n) is 2.08. The Morgan fingerprint density at radius 2 is 2.08 bits per heavy atom. The van der Waals surface area contributed by atoms with Crippen LogP contribution in [-0.4, -0.2) is 18.5 Å². The van der Waals surface area contributed by atoms with Gasteiger partial charge in [0.15, 0.2) is 0 Å². The van der Waals surface area contributed by atoms with E-state index in [0.717, 1.165) is 32.2 Å². The number of carbonyl (C=O) groups is 1. The van der Waals surface area contributed by atoms with Crippen LogP contribution in [0.1, 0.15) is 32.1 Å². The monoisotopic (exact) mass is 182 g/mol. The summed E-state index contributed by atoms with van der Waals surface area (Å²) in [4.78, 5) is 11.4. The van der Waals surface area contributed by atoms with Gasteiger partial charge in [-0.3, -0.25) is 4.79 Å².